The molecular formula is C25H26N4O2S. The highest BCUT2D eigenvalue weighted by atomic mass is 32.2. The Labute approximate surface area is 192 Å². The van der Waals surface area contributed by atoms with Gasteiger partial charge in [-0.1, -0.05) is 72.4 Å². The van der Waals surface area contributed by atoms with Crippen LogP contribution in [0, 0.1) is 0 Å². The van der Waals surface area contributed by atoms with Gasteiger partial charge in [0.1, 0.15) is 0 Å². The quantitative estimate of drug-likeness (QED) is 0.503. The Morgan fingerprint density at radius 2 is 1.81 bits per heavy atom. The molecule has 1 atom stereocenters. The molecule has 0 saturated carbocycles. The van der Waals surface area contributed by atoms with Gasteiger partial charge in [0, 0.05) is 13.0 Å². The van der Waals surface area contributed by atoms with Crippen molar-refractivity contribution in [1.29, 1.82) is 0 Å². The first-order valence-electron chi connectivity index (χ1n) is 11.1. The molecule has 2 aromatic carbocycles. The summed E-state index contributed by atoms with van der Waals surface area (Å²) in [5.74, 6) is 0.316. The predicted octanol–water partition coefficient (Wildman–Crippen LogP) is 4.46. The van der Waals surface area contributed by atoms with E-state index in [1.54, 1.807) is 5.01 Å². The van der Waals surface area contributed by atoms with Crippen molar-refractivity contribution in [2.45, 2.75) is 37.1 Å². The van der Waals surface area contributed by atoms with Gasteiger partial charge in [-0.05, 0) is 24.0 Å². The zero-order valence-electron chi connectivity index (χ0n) is 17.9. The molecule has 1 amide bonds. The van der Waals surface area contributed by atoms with Crippen LogP contribution in [0.25, 0.3) is 11.3 Å². The van der Waals surface area contributed by atoms with Gasteiger partial charge in [0.25, 0.3) is 5.91 Å². The maximum Gasteiger partial charge on any atom is 0.253 e. The lowest BCUT2D eigenvalue weighted by molar-refractivity contribution is -0.127. The number of ether oxygens (including phenoxy) is 1. The van der Waals surface area contributed by atoms with Crippen LogP contribution in [0.15, 0.2) is 77.1 Å². The number of aromatic nitrogens is 2. The van der Waals surface area contributed by atoms with Crippen LogP contribution < -0.4 is 0 Å². The molecular weight excluding hydrogens is 420 g/mol. The Hall–Kier alpha value is -2.90. The van der Waals surface area contributed by atoms with E-state index in [0.29, 0.717) is 12.3 Å². The summed E-state index contributed by atoms with van der Waals surface area (Å²) in [6, 6.07) is 20.3. The molecule has 7 heteroatoms. The van der Waals surface area contributed by atoms with Crippen LogP contribution >= 0.6 is 11.8 Å². The molecule has 1 fully saturated rings. The summed E-state index contributed by atoms with van der Waals surface area (Å²) in [6.45, 7) is 2.20. The van der Waals surface area contributed by atoms with E-state index in [1.165, 1.54) is 11.8 Å². The third-order valence-electron chi connectivity index (χ3n) is 5.82. The van der Waals surface area contributed by atoms with Gasteiger partial charge >= 0.3 is 0 Å². The second kappa shape index (κ2) is 9.71. The van der Waals surface area contributed by atoms with Crippen molar-refractivity contribution in [2.24, 2.45) is 5.10 Å². The number of thioether (sulfide) groups is 1. The average molecular weight is 447 g/mol. The minimum absolute atomic E-state index is 0.00820. The van der Waals surface area contributed by atoms with Gasteiger partial charge in [0.05, 0.1) is 42.5 Å². The number of benzene rings is 2. The number of carbonyl (C=O) groups excluding carboxylic acids is 1. The van der Waals surface area contributed by atoms with E-state index in [4.69, 9.17) is 4.74 Å². The number of rotatable bonds is 7. The first-order chi connectivity index (χ1) is 15.8. The van der Waals surface area contributed by atoms with Crippen molar-refractivity contribution in [3.8, 4) is 11.3 Å². The molecule has 2 aliphatic heterocycles. The molecule has 0 bridgehead atoms. The Bertz CT molecular complexity index is 1090. The molecule has 164 valence electrons. The second-order valence-corrected chi connectivity index (χ2v) is 8.95. The van der Waals surface area contributed by atoms with Gasteiger partial charge in [0.2, 0.25) is 0 Å². The molecule has 0 aliphatic carbocycles. The molecule has 0 radical (unpaired) electrons. The molecule has 3 aromatic rings. The van der Waals surface area contributed by atoms with E-state index < -0.39 is 0 Å². The Kier molecular flexibility index (Phi) is 6.36. The number of amides is 1. The van der Waals surface area contributed by atoms with E-state index in [9.17, 15) is 4.79 Å². The van der Waals surface area contributed by atoms with Crippen molar-refractivity contribution < 1.29 is 9.53 Å². The molecule has 1 aromatic heterocycles. The van der Waals surface area contributed by atoms with Crippen LogP contribution in [-0.2, 0) is 16.1 Å². The fourth-order valence-electron chi connectivity index (χ4n) is 4.15. The normalized spacial score (nSPS) is 18.2. The van der Waals surface area contributed by atoms with Crippen LogP contribution in [0.4, 0.5) is 0 Å². The summed E-state index contributed by atoms with van der Waals surface area (Å²) >= 11 is 1.47. The first kappa shape index (κ1) is 21.0. The SMILES string of the molecule is O=C(CSc1ncc(-c2ccccc2)n1C[C@H]1CCCO1)N1CCC(c2ccccc2)=N1. The Morgan fingerprint density at radius 1 is 1.06 bits per heavy atom. The third kappa shape index (κ3) is 4.64. The summed E-state index contributed by atoms with van der Waals surface area (Å²) in [7, 11) is 0. The van der Waals surface area contributed by atoms with E-state index >= 15 is 0 Å². The summed E-state index contributed by atoms with van der Waals surface area (Å²) < 4.78 is 8.08. The standard InChI is InChI=1S/C25H26N4O2S/c30-24(29-14-13-22(27-29)19-8-3-1-4-9-19)18-32-25-26-16-23(20-10-5-2-6-11-20)28(25)17-21-12-7-15-31-21/h1-6,8-11,16,21H,7,12-15,17-18H2/t21-/m1/s1. The van der Waals surface area contributed by atoms with Crippen LogP contribution in [0.5, 0.6) is 0 Å². The Balaban J connectivity index is 1.30. The third-order valence-corrected chi connectivity index (χ3v) is 6.80. The highest BCUT2D eigenvalue weighted by Gasteiger charge is 2.24. The monoisotopic (exact) mass is 446 g/mol. The van der Waals surface area contributed by atoms with Gasteiger partial charge in [-0.25, -0.2) is 9.99 Å². The summed E-state index contributed by atoms with van der Waals surface area (Å²) in [5, 5.41) is 7.01. The summed E-state index contributed by atoms with van der Waals surface area (Å²) in [6.07, 6.45) is 5.03. The van der Waals surface area contributed by atoms with Gasteiger partial charge < -0.3 is 9.30 Å². The van der Waals surface area contributed by atoms with E-state index in [0.717, 1.165) is 60.1 Å². The van der Waals surface area contributed by atoms with Crippen molar-refractivity contribution in [2.75, 3.05) is 18.9 Å². The molecule has 2 aliphatic rings. The van der Waals surface area contributed by atoms with Crippen molar-refractivity contribution in [3.05, 3.63) is 72.4 Å². The van der Waals surface area contributed by atoms with Crippen LogP contribution in [0.2, 0.25) is 0 Å². The van der Waals surface area contributed by atoms with Crippen LogP contribution in [-0.4, -0.2) is 51.2 Å². The highest BCUT2D eigenvalue weighted by molar-refractivity contribution is 7.99. The van der Waals surface area contributed by atoms with Crippen molar-refractivity contribution in [3.63, 3.8) is 0 Å². The molecule has 3 heterocycles. The van der Waals surface area contributed by atoms with E-state index in [-0.39, 0.29) is 12.0 Å². The second-order valence-electron chi connectivity index (χ2n) is 8.01. The maximum absolute atomic E-state index is 12.9. The van der Waals surface area contributed by atoms with Gasteiger partial charge in [-0.15, -0.1) is 0 Å². The van der Waals surface area contributed by atoms with Gasteiger partial charge in [-0.3, -0.25) is 4.79 Å². The number of hydrogen-bond acceptors (Lipinski definition) is 5. The lowest BCUT2D eigenvalue weighted by atomic mass is 10.1. The molecule has 1 saturated heterocycles. The average Bonchev–Trinajstić information content (AvgIpc) is 3.61. The maximum atomic E-state index is 12.9. The van der Waals surface area contributed by atoms with E-state index in [2.05, 4.69) is 26.8 Å². The van der Waals surface area contributed by atoms with Crippen molar-refractivity contribution in [1.82, 2.24) is 14.6 Å². The fourth-order valence-corrected chi connectivity index (χ4v) is 5.01. The summed E-state index contributed by atoms with van der Waals surface area (Å²) in [5.41, 5.74) is 4.22. The number of hydrazone groups is 1. The lowest BCUT2D eigenvalue weighted by Gasteiger charge is -2.16. The zero-order valence-corrected chi connectivity index (χ0v) is 18.7. The summed E-state index contributed by atoms with van der Waals surface area (Å²) in [4.78, 5) is 17.5. The lowest BCUT2D eigenvalue weighted by Crippen LogP contribution is -2.25. The van der Waals surface area contributed by atoms with E-state index in [1.807, 2.05) is 54.7 Å². The topological polar surface area (TPSA) is 59.7 Å². The van der Waals surface area contributed by atoms with Crippen molar-refractivity contribution >= 4 is 23.4 Å². The molecule has 0 spiro atoms. The first-order valence-corrected chi connectivity index (χ1v) is 12.0. The molecule has 0 unspecified atom stereocenters. The zero-order chi connectivity index (χ0) is 21.8. The highest BCUT2D eigenvalue weighted by Crippen LogP contribution is 2.28. The number of hydrogen-bond donors (Lipinski definition) is 0. The van der Waals surface area contributed by atoms with Crippen LogP contribution in [0.1, 0.15) is 24.8 Å². The Morgan fingerprint density at radius 3 is 2.53 bits per heavy atom. The number of carbonyl (C=O) groups is 1. The van der Waals surface area contributed by atoms with Crippen LogP contribution in [0.3, 0.4) is 0 Å². The van der Waals surface area contributed by atoms with Gasteiger partial charge in [-0.2, -0.15) is 5.10 Å². The number of imidazole rings is 1. The minimum Gasteiger partial charge on any atom is -0.376 e. The minimum atomic E-state index is 0.00820. The van der Waals surface area contributed by atoms with Gasteiger partial charge in [0.15, 0.2) is 5.16 Å². The smallest absolute Gasteiger partial charge is 0.253 e. The molecule has 32 heavy (non-hydrogen) atoms. The molecule has 5 rings (SSSR count). The molecule has 0 N–H and O–H groups in total. The largest absolute Gasteiger partial charge is 0.376 e. The fraction of sp³-hybridized carbons (Fsp3) is 0.320. The predicted molar refractivity (Wildman–Crippen MR) is 127 cm³/mol. The number of nitrogens with zero attached hydrogens (tertiary/aromatic N) is 4. The molecule has 6 nitrogen and oxygen atoms in total.